The monoisotopic (exact) mass is 201 g/mol. The first kappa shape index (κ1) is 10.7. The molecular weight excluding hydrogens is 182 g/mol. The third kappa shape index (κ3) is 4.41. The minimum Gasteiger partial charge on any atom is -0.370 e. The first-order valence-corrected chi connectivity index (χ1v) is 6.25. The van der Waals surface area contributed by atoms with Crippen LogP contribution in [0.4, 0.5) is 0 Å². The number of thioether (sulfide) groups is 1. The molecule has 0 atom stereocenters. The predicted molar refractivity (Wildman–Crippen MR) is 60.2 cm³/mol. The molecule has 3 N–H and O–H groups in total. The fourth-order valence-electron chi connectivity index (χ4n) is 1.24. The first-order chi connectivity index (χ1) is 6.33. The van der Waals surface area contributed by atoms with Crippen LogP contribution in [0.25, 0.3) is 0 Å². The maximum absolute atomic E-state index is 5.67. The molecule has 0 bridgehead atoms. The van der Waals surface area contributed by atoms with Gasteiger partial charge in [-0.05, 0) is 25.0 Å². The zero-order chi connectivity index (χ0) is 9.52. The number of hydrogen-bond donors (Lipinski definition) is 2. The van der Waals surface area contributed by atoms with E-state index in [0.717, 1.165) is 24.8 Å². The number of hydrogen-bond acceptors (Lipinski definition) is 2. The van der Waals surface area contributed by atoms with E-state index in [2.05, 4.69) is 16.6 Å². The van der Waals surface area contributed by atoms with Gasteiger partial charge in [0.05, 0.1) is 0 Å². The number of nitrogens with one attached hydrogen (secondary N) is 1. The van der Waals surface area contributed by atoms with Crippen LogP contribution in [-0.2, 0) is 0 Å². The Bertz CT molecular complexity index is 166. The molecule has 13 heavy (non-hydrogen) atoms. The molecule has 0 unspecified atom stereocenters. The summed E-state index contributed by atoms with van der Waals surface area (Å²) in [5, 5.41) is 3.09. The summed E-state index contributed by atoms with van der Waals surface area (Å²) in [4.78, 5) is 4.29. The fraction of sp³-hybridized carbons (Fsp3) is 0.889. The number of rotatable bonds is 5. The number of guanidine groups is 1. The van der Waals surface area contributed by atoms with E-state index in [1.807, 2.05) is 11.8 Å². The molecule has 0 aromatic heterocycles. The van der Waals surface area contributed by atoms with E-state index >= 15 is 0 Å². The second kappa shape index (κ2) is 6.13. The molecular formula is C9H19N3S. The van der Waals surface area contributed by atoms with Crippen LogP contribution < -0.4 is 11.1 Å². The fourth-order valence-corrected chi connectivity index (χ4v) is 1.55. The van der Waals surface area contributed by atoms with Gasteiger partial charge in [0.15, 0.2) is 5.96 Å². The van der Waals surface area contributed by atoms with Crippen molar-refractivity contribution in [3.63, 3.8) is 0 Å². The van der Waals surface area contributed by atoms with Crippen LogP contribution in [0.1, 0.15) is 19.3 Å². The maximum Gasteiger partial charge on any atom is 0.188 e. The summed E-state index contributed by atoms with van der Waals surface area (Å²) < 4.78 is 0. The molecule has 0 aromatic carbocycles. The Morgan fingerprint density at radius 3 is 2.92 bits per heavy atom. The van der Waals surface area contributed by atoms with Gasteiger partial charge in [-0.3, -0.25) is 4.99 Å². The standard InChI is InChI=1S/C9H19N3S/c1-13-6-5-11-9(10)12-7-8-3-2-4-8/h8H,2-7H2,1H3,(H3,10,11,12). The highest BCUT2D eigenvalue weighted by atomic mass is 32.2. The summed E-state index contributed by atoms with van der Waals surface area (Å²) in [5.74, 6) is 2.50. The lowest BCUT2D eigenvalue weighted by Crippen LogP contribution is -2.34. The quantitative estimate of drug-likeness (QED) is 0.397. The van der Waals surface area contributed by atoms with Crippen LogP contribution in [0, 0.1) is 5.92 Å². The SMILES string of the molecule is CSCCNC(N)=NCC1CCC1. The molecule has 0 aliphatic heterocycles. The summed E-state index contributed by atoms with van der Waals surface area (Å²) in [6.07, 6.45) is 6.13. The lowest BCUT2D eigenvalue weighted by atomic mass is 9.86. The van der Waals surface area contributed by atoms with Crippen LogP contribution in [0.2, 0.25) is 0 Å². The Morgan fingerprint density at radius 2 is 2.38 bits per heavy atom. The number of nitrogens with two attached hydrogens (primary N) is 1. The van der Waals surface area contributed by atoms with Crippen LogP contribution in [0.3, 0.4) is 0 Å². The van der Waals surface area contributed by atoms with Gasteiger partial charge in [0.2, 0.25) is 0 Å². The van der Waals surface area contributed by atoms with Gasteiger partial charge in [-0.2, -0.15) is 11.8 Å². The topological polar surface area (TPSA) is 50.4 Å². The van der Waals surface area contributed by atoms with Gasteiger partial charge in [0, 0.05) is 18.8 Å². The Labute approximate surface area is 84.6 Å². The zero-order valence-corrected chi connectivity index (χ0v) is 9.07. The van der Waals surface area contributed by atoms with E-state index in [4.69, 9.17) is 5.73 Å². The first-order valence-electron chi connectivity index (χ1n) is 4.85. The summed E-state index contributed by atoms with van der Waals surface area (Å²) in [5.41, 5.74) is 5.67. The van der Waals surface area contributed by atoms with Crippen molar-refractivity contribution in [3.8, 4) is 0 Å². The molecule has 1 aliphatic carbocycles. The molecule has 0 amide bonds. The Kier molecular flexibility index (Phi) is 5.05. The lowest BCUT2D eigenvalue weighted by Gasteiger charge is -2.23. The van der Waals surface area contributed by atoms with Gasteiger partial charge in [0.25, 0.3) is 0 Å². The number of aliphatic imine (C=N–C) groups is 1. The van der Waals surface area contributed by atoms with Gasteiger partial charge in [0.1, 0.15) is 0 Å². The minimum absolute atomic E-state index is 0.612. The summed E-state index contributed by atoms with van der Waals surface area (Å²) in [6.45, 7) is 1.83. The molecule has 0 spiro atoms. The summed E-state index contributed by atoms with van der Waals surface area (Å²) >= 11 is 1.81. The molecule has 0 aromatic rings. The highest BCUT2D eigenvalue weighted by Crippen LogP contribution is 2.26. The lowest BCUT2D eigenvalue weighted by molar-refractivity contribution is 0.326. The van der Waals surface area contributed by atoms with E-state index in [9.17, 15) is 0 Å². The van der Waals surface area contributed by atoms with E-state index < -0.39 is 0 Å². The van der Waals surface area contributed by atoms with Crippen molar-refractivity contribution in [1.29, 1.82) is 0 Å². The van der Waals surface area contributed by atoms with Crippen LogP contribution >= 0.6 is 11.8 Å². The van der Waals surface area contributed by atoms with Crippen LogP contribution in [0.5, 0.6) is 0 Å². The minimum atomic E-state index is 0.612. The maximum atomic E-state index is 5.67. The van der Waals surface area contributed by atoms with Gasteiger partial charge < -0.3 is 11.1 Å². The van der Waals surface area contributed by atoms with Crippen LogP contribution in [0.15, 0.2) is 4.99 Å². The van der Waals surface area contributed by atoms with Gasteiger partial charge in [-0.25, -0.2) is 0 Å². The van der Waals surface area contributed by atoms with E-state index in [-0.39, 0.29) is 0 Å². The van der Waals surface area contributed by atoms with Crippen molar-refractivity contribution < 1.29 is 0 Å². The highest BCUT2D eigenvalue weighted by molar-refractivity contribution is 7.98. The van der Waals surface area contributed by atoms with Gasteiger partial charge in [-0.15, -0.1) is 0 Å². The Morgan fingerprint density at radius 1 is 1.62 bits per heavy atom. The van der Waals surface area contributed by atoms with Gasteiger partial charge >= 0.3 is 0 Å². The summed E-state index contributed by atoms with van der Waals surface area (Å²) in [7, 11) is 0. The average molecular weight is 201 g/mol. The smallest absolute Gasteiger partial charge is 0.188 e. The van der Waals surface area contributed by atoms with Crippen LogP contribution in [-0.4, -0.2) is 31.1 Å². The molecule has 1 saturated carbocycles. The normalized spacial score (nSPS) is 18.4. The Hall–Kier alpha value is -0.380. The van der Waals surface area contributed by atoms with E-state index in [1.54, 1.807) is 0 Å². The van der Waals surface area contributed by atoms with Crippen molar-refractivity contribution in [2.45, 2.75) is 19.3 Å². The highest BCUT2D eigenvalue weighted by Gasteiger charge is 2.16. The predicted octanol–water partition coefficient (Wildman–Crippen LogP) is 1.05. The molecule has 1 fully saturated rings. The molecule has 0 radical (unpaired) electrons. The molecule has 0 saturated heterocycles. The zero-order valence-electron chi connectivity index (χ0n) is 8.25. The van der Waals surface area contributed by atoms with Crippen molar-refractivity contribution in [2.24, 2.45) is 16.6 Å². The largest absolute Gasteiger partial charge is 0.370 e. The van der Waals surface area contributed by atoms with Gasteiger partial charge in [-0.1, -0.05) is 6.42 Å². The van der Waals surface area contributed by atoms with Crippen molar-refractivity contribution in [3.05, 3.63) is 0 Å². The molecule has 1 aliphatic rings. The van der Waals surface area contributed by atoms with Crippen molar-refractivity contribution in [1.82, 2.24) is 5.32 Å². The van der Waals surface area contributed by atoms with E-state index in [1.165, 1.54) is 19.3 Å². The molecule has 1 rings (SSSR count). The second-order valence-electron chi connectivity index (χ2n) is 3.44. The molecule has 76 valence electrons. The summed E-state index contributed by atoms with van der Waals surface area (Å²) in [6, 6.07) is 0. The van der Waals surface area contributed by atoms with Crippen molar-refractivity contribution in [2.75, 3.05) is 25.1 Å². The second-order valence-corrected chi connectivity index (χ2v) is 4.43. The van der Waals surface area contributed by atoms with Crippen molar-refractivity contribution >= 4 is 17.7 Å². The molecule has 0 heterocycles. The number of nitrogens with zero attached hydrogens (tertiary/aromatic N) is 1. The van der Waals surface area contributed by atoms with E-state index in [0.29, 0.717) is 5.96 Å². The molecule has 4 heteroatoms. The molecule has 3 nitrogen and oxygen atoms in total. The third-order valence-corrected chi connectivity index (χ3v) is 2.97. The average Bonchev–Trinajstić information content (AvgIpc) is 2.02. The Balaban J connectivity index is 2.02. The third-order valence-electron chi connectivity index (χ3n) is 2.36.